The quantitative estimate of drug-likeness (QED) is 0.821. The molecule has 0 aliphatic heterocycles. The second kappa shape index (κ2) is 5.03. The molecular formula is C11H12FN3O2. The molecule has 0 aliphatic rings. The van der Waals surface area contributed by atoms with Gasteiger partial charge in [0, 0.05) is 0 Å². The minimum Gasteiger partial charge on any atom is -0.394 e. The van der Waals surface area contributed by atoms with Gasteiger partial charge in [-0.3, -0.25) is 0 Å². The van der Waals surface area contributed by atoms with Gasteiger partial charge in [-0.1, -0.05) is 17.3 Å². The van der Waals surface area contributed by atoms with E-state index in [-0.39, 0.29) is 18.2 Å². The number of halogens is 1. The number of nitrogens with two attached hydrogens (primary N) is 1. The van der Waals surface area contributed by atoms with E-state index in [2.05, 4.69) is 10.1 Å². The standard InChI is InChI=1S/C11H12FN3O2/c12-8-3-1-2-7(4-8)5-10-14-11(15-17-10)9(13)6-16/h1-4,9,16H,5-6,13H2. The largest absolute Gasteiger partial charge is 0.394 e. The van der Waals surface area contributed by atoms with Crippen molar-refractivity contribution in [1.29, 1.82) is 0 Å². The van der Waals surface area contributed by atoms with Gasteiger partial charge in [-0.15, -0.1) is 0 Å². The average molecular weight is 237 g/mol. The van der Waals surface area contributed by atoms with Crippen molar-refractivity contribution >= 4 is 0 Å². The Bertz CT molecular complexity index is 501. The highest BCUT2D eigenvalue weighted by Crippen LogP contribution is 2.11. The van der Waals surface area contributed by atoms with Gasteiger partial charge in [0.25, 0.3) is 0 Å². The first kappa shape index (κ1) is 11.7. The Kier molecular flexibility index (Phi) is 3.46. The van der Waals surface area contributed by atoms with E-state index < -0.39 is 6.04 Å². The van der Waals surface area contributed by atoms with Crippen molar-refractivity contribution in [3.63, 3.8) is 0 Å². The van der Waals surface area contributed by atoms with Crippen LogP contribution in [0, 0.1) is 5.82 Å². The predicted octanol–water partition coefficient (Wildman–Crippen LogP) is 0.792. The lowest BCUT2D eigenvalue weighted by Crippen LogP contribution is -2.16. The van der Waals surface area contributed by atoms with E-state index in [9.17, 15) is 4.39 Å². The average Bonchev–Trinajstić information content (AvgIpc) is 2.76. The van der Waals surface area contributed by atoms with Crippen LogP contribution < -0.4 is 5.73 Å². The summed E-state index contributed by atoms with van der Waals surface area (Å²) in [7, 11) is 0. The number of aromatic nitrogens is 2. The molecule has 0 saturated heterocycles. The predicted molar refractivity (Wildman–Crippen MR) is 57.5 cm³/mol. The van der Waals surface area contributed by atoms with Gasteiger partial charge >= 0.3 is 0 Å². The third-order valence-electron chi connectivity index (χ3n) is 2.26. The minimum atomic E-state index is -0.653. The summed E-state index contributed by atoms with van der Waals surface area (Å²) >= 11 is 0. The molecule has 1 unspecified atom stereocenters. The number of hydrogen-bond donors (Lipinski definition) is 2. The van der Waals surface area contributed by atoms with Crippen LogP contribution in [-0.4, -0.2) is 21.9 Å². The molecule has 0 saturated carbocycles. The van der Waals surface area contributed by atoms with Crippen molar-refractivity contribution < 1.29 is 14.0 Å². The van der Waals surface area contributed by atoms with Crippen molar-refractivity contribution in [3.05, 3.63) is 47.4 Å². The molecule has 2 rings (SSSR count). The zero-order valence-electron chi connectivity index (χ0n) is 9.01. The zero-order valence-corrected chi connectivity index (χ0v) is 9.01. The first-order valence-corrected chi connectivity index (χ1v) is 5.12. The summed E-state index contributed by atoms with van der Waals surface area (Å²) in [6.45, 7) is -0.251. The van der Waals surface area contributed by atoms with Gasteiger partial charge in [0.05, 0.1) is 19.1 Å². The Morgan fingerprint density at radius 1 is 1.47 bits per heavy atom. The molecule has 3 N–H and O–H groups in total. The van der Waals surface area contributed by atoms with Crippen molar-refractivity contribution in [3.8, 4) is 0 Å². The van der Waals surface area contributed by atoms with Gasteiger partial charge in [-0.2, -0.15) is 4.98 Å². The maximum Gasteiger partial charge on any atom is 0.231 e. The van der Waals surface area contributed by atoms with Crippen molar-refractivity contribution in [2.24, 2.45) is 5.73 Å². The van der Waals surface area contributed by atoms with Gasteiger partial charge in [-0.25, -0.2) is 4.39 Å². The summed E-state index contributed by atoms with van der Waals surface area (Å²) in [6.07, 6.45) is 0.336. The SMILES string of the molecule is NC(CO)c1noc(Cc2cccc(F)c2)n1. The van der Waals surface area contributed by atoms with Crippen molar-refractivity contribution in [2.45, 2.75) is 12.5 Å². The molecule has 1 aromatic carbocycles. The number of benzene rings is 1. The molecule has 2 aromatic rings. The molecule has 17 heavy (non-hydrogen) atoms. The van der Waals surface area contributed by atoms with Crippen LogP contribution in [0.25, 0.3) is 0 Å². The maximum absolute atomic E-state index is 12.9. The van der Waals surface area contributed by atoms with Gasteiger partial charge in [0.2, 0.25) is 5.89 Å². The highest BCUT2D eigenvalue weighted by atomic mass is 19.1. The van der Waals surface area contributed by atoms with Crippen LogP contribution in [0.4, 0.5) is 4.39 Å². The first-order chi connectivity index (χ1) is 8.19. The van der Waals surface area contributed by atoms with Crippen molar-refractivity contribution in [2.75, 3.05) is 6.61 Å². The normalized spacial score (nSPS) is 12.6. The molecule has 0 spiro atoms. The van der Waals surface area contributed by atoms with Crippen LogP contribution in [0.1, 0.15) is 23.3 Å². The highest BCUT2D eigenvalue weighted by Gasteiger charge is 2.13. The molecule has 6 heteroatoms. The van der Waals surface area contributed by atoms with Crippen LogP contribution in [0.5, 0.6) is 0 Å². The smallest absolute Gasteiger partial charge is 0.231 e. The molecule has 0 fully saturated rings. The Hall–Kier alpha value is -1.79. The minimum absolute atomic E-state index is 0.249. The van der Waals surface area contributed by atoms with Crippen molar-refractivity contribution in [1.82, 2.24) is 10.1 Å². The number of hydrogen-bond acceptors (Lipinski definition) is 5. The molecule has 0 bridgehead atoms. The monoisotopic (exact) mass is 237 g/mol. The van der Waals surface area contributed by atoms with E-state index in [1.54, 1.807) is 12.1 Å². The molecule has 0 radical (unpaired) electrons. The Morgan fingerprint density at radius 2 is 2.29 bits per heavy atom. The van der Waals surface area contributed by atoms with Crippen LogP contribution in [0.3, 0.4) is 0 Å². The van der Waals surface area contributed by atoms with Gasteiger partial charge in [0.1, 0.15) is 5.82 Å². The molecule has 1 aromatic heterocycles. The number of rotatable bonds is 4. The molecule has 0 amide bonds. The first-order valence-electron chi connectivity index (χ1n) is 5.12. The molecular weight excluding hydrogens is 225 g/mol. The summed E-state index contributed by atoms with van der Waals surface area (Å²) in [6, 6.07) is 5.49. The lowest BCUT2D eigenvalue weighted by Gasteiger charge is -1.99. The lowest BCUT2D eigenvalue weighted by atomic mass is 10.1. The molecule has 5 nitrogen and oxygen atoms in total. The summed E-state index contributed by atoms with van der Waals surface area (Å²) in [4.78, 5) is 4.02. The van der Waals surface area contributed by atoms with Gasteiger partial charge < -0.3 is 15.4 Å². The Labute approximate surface area is 97.1 Å². The summed E-state index contributed by atoms with van der Waals surface area (Å²) in [5, 5.41) is 12.5. The van der Waals surface area contributed by atoms with Gasteiger partial charge in [0.15, 0.2) is 5.82 Å². The highest BCUT2D eigenvalue weighted by molar-refractivity contribution is 5.19. The van der Waals surface area contributed by atoms with E-state index in [1.807, 2.05) is 0 Å². The fraction of sp³-hybridized carbons (Fsp3) is 0.273. The third kappa shape index (κ3) is 2.86. The second-order valence-electron chi connectivity index (χ2n) is 3.64. The zero-order chi connectivity index (χ0) is 12.3. The van der Waals surface area contributed by atoms with E-state index in [4.69, 9.17) is 15.4 Å². The molecule has 0 aliphatic carbocycles. The number of nitrogens with zero attached hydrogens (tertiary/aromatic N) is 2. The fourth-order valence-corrected chi connectivity index (χ4v) is 1.39. The van der Waals surface area contributed by atoms with Gasteiger partial charge in [-0.05, 0) is 17.7 Å². The number of aliphatic hydroxyl groups excluding tert-OH is 1. The molecule has 1 heterocycles. The second-order valence-corrected chi connectivity index (χ2v) is 3.64. The van der Waals surface area contributed by atoms with E-state index >= 15 is 0 Å². The van der Waals surface area contributed by atoms with E-state index in [1.165, 1.54) is 12.1 Å². The van der Waals surface area contributed by atoms with E-state index in [0.29, 0.717) is 12.3 Å². The van der Waals surface area contributed by atoms with Crippen LogP contribution in [0.2, 0.25) is 0 Å². The van der Waals surface area contributed by atoms with Crippen LogP contribution >= 0.6 is 0 Å². The number of aliphatic hydroxyl groups is 1. The Balaban J connectivity index is 2.11. The maximum atomic E-state index is 12.9. The molecule has 90 valence electrons. The summed E-state index contributed by atoms with van der Waals surface area (Å²) in [5.41, 5.74) is 6.26. The fourth-order valence-electron chi connectivity index (χ4n) is 1.39. The third-order valence-corrected chi connectivity index (χ3v) is 2.26. The van der Waals surface area contributed by atoms with Crippen LogP contribution in [0.15, 0.2) is 28.8 Å². The van der Waals surface area contributed by atoms with Crippen LogP contribution in [-0.2, 0) is 6.42 Å². The summed E-state index contributed by atoms with van der Waals surface area (Å²) in [5.74, 6) is 0.280. The topological polar surface area (TPSA) is 85.2 Å². The van der Waals surface area contributed by atoms with E-state index in [0.717, 1.165) is 5.56 Å². The summed E-state index contributed by atoms with van der Waals surface area (Å²) < 4.78 is 17.9. The lowest BCUT2D eigenvalue weighted by molar-refractivity contribution is 0.259. The Morgan fingerprint density at radius 3 is 3.00 bits per heavy atom. The molecule has 1 atom stereocenters.